The van der Waals surface area contributed by atoms with E-state index in [1.807, 2.05) is 37.3 Å². The monoisotopic (exact) mass is 464 g/mol. The van der Waals surface area contributed by atoms with Crippen LogP contribution < -0.4 is 0 Å². The van der Waals surface area contributed by atoms with Crippen LogP contribution in [0.2, 0.25) is 5.02 Å². The van der Waals surface area contributed by atoms with Gasteiger partial charge in [0.2, 0.25) is 0 Å². The van der Waals surface area contributed by atoms with Crippen molar-refractivity contribution in [3.63, 3.8) is 0 Å². The highest BCUT2D eigenvalue weighted by molar-refractivity contribution is 6.31. The number of hydrogen-bond acceptors (Lipinski definition) is 4. The number of furan rings is 1. The van der Waals surface area contributed by atoms with Crippen molar-refractivity contribution in [1.82, 2.24) is 0 Å². The number of carbonyl (C=O) groups excluding carboxylic acids is 2. The second kappa shape index (κ2) is 7.46. The number of allylic oxidation sites excluding steroid dienone is 4. The molecule has 0 N–H and O–H groups in total. The van der Waals surface area contributed by atoms with E-state index in [0.717, 1.165) is 11.1 Å². The van der Waals surface area contributed by atoms with Gasteiger partial charge in [-0.2, -0.15) is 0 Å². The molecule has 0 atom stereocenters. The van der Waals surface area contributed by atoms with E-state index in [1.165, 1.54) is 0 Å². The minimum absolute atomic E-state index is 0.0340. The molecule has 1 aromatic heterocycles. The minimum Gasteiger partial charge on any atom is -0.465 e. The highest BCUT2D eigenvalue weighted by Gasteiger charge is 2.48. The molecule has 2 aliphatic carbocycles. The molecule has 172 valence electrons. The Balaban J connectivity index is 1.65. The maximum Gasteiger partial charge on any atom is 0.163 e. The number of ketones is 2. The third-order valence-corrected chi connectivity index (χ3v) is 7.36. The van der Waals surface area contributed by atoms with Gasteiger partial charge in [0.15, 0.2) is 11.6 Å². The fourth-order valence-electron chi connectivity index (χ4n) is 5.37. The molecule has 0 amide bonds. The molecule has 5 rings (SSSR count). The zero-order chi connectivity index (χ0) is 23.7. The van der Waals surface area contributed by atoms with Crippen LogP contribution in [0, 0.1) is 17.8 Å². The SMILES string of the molecule is Cc1ccc(-c2ccc(C3C4=C(CC(C)(C)CC4=O)OC4=C3C(=O)CC(C)(C)C4)o2)cc1Cl. The molecule has 1 aromatic carbocycles. The van der Waals surface area contributed by atoms with Crippen molar-refractivity contribution in [1.29, 1.82) is 0 Å². The normalized spacial score (nSPS) is 22.2. The summed E-state index contributed by atoms with van der Waals surface area (Å²) in [4.78, 5) is 26.7. The molecule has 0 bridgehead atoms. The highest BCUT2D eigenvalue weighted by atomic mass is 35.5. The fourth-order valence-corrected chi connectivity index (χ4v) is 5.55. The minimum atomic E-state index is -0.523. The van der Waals surface area contributed by atoms with E-state index in [4.69, 9.17) is 20.8 Å². The highest BCUT2D eigenvalue weighted by Crippen LogP contribution is 2.53. The number of ether oxygens (including phenoxy) is 1. The quantitative estimate of drug-likeness (QED) is 0.467. The first-order valence-corrected chi connectivity index (χ1v) is 11.9. The van der Waals surface area contributed by atoms with Gasteiger partial charge in [0.25, 0.3) is 0 Å². The zero-order valence-electron chi connectivity index (χ0n) is 19.8. The molecule has 3 aliphatic rings. The summed E-state index contributed by atoms with van der Waals surface area (Å²) in [5.41, 5.74) is 2.67. The lowest BCUT2D eigenvalue weighted by molar-refractivity contribution is -0.120. The van der Waals surface area contributed by atoms with Crippen LogP contribution in [0.3, 0.4) is 0 Å². The topological polar surface area (TPSA) is 56.5 Å². The van der Waals surface area contributed by atoms with Crippen molar-refractivity contribution >= 4 is 23.2 Å². The maximum absolute atomic E-state index is 13.4. The maximum atomic E-state index is 13.4. The van der Waals surface area contributed by atoms with Gasteiger partial charge in [0.05, 0.1) is 5.92 Å². The lowest BCUT2D eigenvalue weighted by atomic mass is 9.66. The molecule has 2 aromatic rings. The number of benzene rings is 1. The summed E-state index contributed by atoms with van der Waals surface area (Å²) in [5.74, 6) is 2.20. The second-order valence-corrected chi connectivity index (χ2v) is 11.7. The van der Waals surface area contributed by atoms with Crippen LogP contribution in [0.5, 0.6) is 0 Å². The van der Waals surface area contributed by atoms with Gasteiger partial charge < -0.3 is 9.15 Å². The van der Waals surface area contributed by atoms with Gasteiger partial charge in [-0.15, -0.1) is 0 Å². The Morgan fingerprint density at radius 3 is 1.97 bits per heavy atom. The van der Waals surface area contributed by atoms with Crippen molar-refractivity contribution in [2.45, 2.75) is 66.2 Å². The third-order valence-electron chi connectivity index (χ3n) is 6.95. The lowest BCUT2D eigenvalue weighted by Gasteiger charge is -2.42. The number of rotatable bonds is 2. The van der Waals surface area contributed by atoms with Gasteiger partial charge in [-0.3, -0.25) is 9.59 Å². The van der Waals surface area contributed by atoms with E-state index in [0.29, 0.717) is 64.9 Å². The summed E-state index contributed by atoms with van der Waals surface area (Å²) < 4.78 is 12.7. The first-order chi connectivity index (χ1) is 15.4. The Bertz CT molecular complexity index is 1200. The van der Waals surface area contributed by atoms with Crippen LogP contribution in [-0.4, -0.2) is 11.6 Å². The molecule has 5 heteroatoms. The lowest BCUT2D eigenvalue weighted by Crippen LogP contribution is -2.37. The number of halogens is 1. The first kappa shape index (κ1) is 22.2. The van der Waals surface area contributed by atoms with Crippen molar-refractivity contribution in [3.05, 3.63) is 69.3 Å². The third kappa shape index (κ3) is 3.89. The Morgan fingerprint density at radius 2 is 1.42 bits per heavy atom. The van der Waals surface area contributed by atoms with E-state index in [2.05, 4.69) is 27.7 Å². The molecular formula is C28H29ClO4. The summed E-state index contributed by atoms with van der Waals surface area (Å²) >= 11 is 6.33. The van der Waals surface area contributed by atoms with Gasteiger partial charge in [-0.25, -0.2) is 0 Å². The predicted molar refractivity (Wildman–Crippen MR) is 128 cm³/mol. The van der Waals surface area contributed by atoms with E-state index in [-0.39, 0.29) is 22.4 Å². The smallest absolute Gasteiger partial charge is 0.163 e. The summed E-state index contributed by atoms with van der Waals surface area (Å²) in [5, 5.41) is 0.667. The Labute approximate surface area is 199 Å². The fraction of sp³-hybridized carbons (Fsp3) is 0.429. The van der Waals surface area contributed by atoms with Gasteiger partial charge >= 0.3 is 0 Å². The van der Waals surface area contributed by atoms with Crippen molar-refractivity contribution < 1.29 is 18.7 Å². The zero-order valence-corrected chi connectivity index (χ0v) is 20.6. The standard InChI is InChI=1S/C28H29ClO4/c1-15-6-7-16(10-17(15)29)20-8-9-21(32-20)26-24-18(30)11-27(2,3)13-22(24)33-23-14-28(4,5)12-19(31)25(23)26/h6-10,26H,11-14H2,1-5H3. The van der Waals surface area contributed by atoms with Crippen LogP contribution in [0.15, 0.2) is 57.4 Å². The number of Topliss-reactive ketones (excluding diaryl/α,β-unsaturated/α-hetero) is 2. The van der Waals surface area contributed by atoms with Gasteiger partial charge in [-0.05, 0) is 41.5 Å². The molecule has 4 nitrogen and oxygen atoms in total. The largest absolute Gasteiger partial charge is 0.465 e. The molecule has 0 fully saturated rings. The summed E-state index contributed by atoms with van der Waals surface area (Å²) in [6, 6.07) is 9.57. The van der Waals surface area contributed by atoms with E-state index in [9.17, 15) is 9.59 Å². The molecule has 0 spiro atoms. The second-order valence-electron chi connectivity index (χ2n) is 11.3. The first-order valence-electron chi connectivity index (χ1n) is 11.5. The Kier molecular flexibility index (Phi) is 5.02. The molecule has 0 saturated heterocycles. The van der Waals surface area contributed by atoms with Crippen LogP contribution >= 0.6 is 11.6 Å². The van der Waals surface area contributed by atoms with Gasteiger partial charge in [-0.1, -0.05) is 51.4 Å². The van der Waals surface area contributed by atoms with Crippen LogP contribution in [0.1, 0.15) is 70.6 Å². The van der Waals surface area contributed by atoms with Crippen LogP contribution in [-0.2, 0) is 14.3 Å². The average molecular weight is 465 g/mol. The predicted octanol–water partition coefficient (Wildman–Crippen LogP) is 7.31. The number of hydrogen-bond donors (Lipinski definition) is 0. The molecule has 1 aliphatic heterocycles. The van der Waals surface area contributed by atoms with E-state index >= 15 is 0 Å². The number of carbonyl (C=O) groups is 2. The van der Waals surface area contributed by atoms with Crippen LogP contribution in [0.25, 0.3) is 11.3 Å². The molecule has 2 heterocycles. The molecule has 0 unspecified atom stereocenters. The Morgan fingerprint density at radius 1 is 0.848 bits per heavy atom. The van der Waals surface area contributed by atoms with E-state index in [1.54, 1.807) is 0 Å². The van der Waals surface area contributed by atoms with Gasteiger partial charge in [0, 0.05) is 47.4 Å². The summed E-state index contributed by atoms with van der Waals surface area (Å²) in [7, 11) is 0. The van der Waals surface area contributed by atoms with Crippen molar-refractivity contribution in [2.24, 2.45) is 10.8 Å². The molecule has 0 radical (unpaired) electrons. The molecular weight excluding hydrogens is 436 g/mol. The molecule has 0 saturated carbocycles. The van der Waals surface area contributed by atoms with Crippen molar-refractivity contribution in [3.8, 4) is 11.3 Å². The van der Waals surface area contributed by atoms with Crippen LogP contribution in [0.4, 0.5) is 0 Å². The van der Waals surface area contributed by atoms with E-state index < -0.39 is 5.92 Å². The number of aryl methyl sites for hydroxylation is 1. The van der Waals surface area contributed by atoms with Crippen molar-refractivity contribution in [2.75, 3.05) is 0 Å². The summed E-state index contributed by atoms with van der Waals surface area (Å²) in [6.45, 7) is 10.3. The van der Waals surface area contributed by atoms with Gasteiger partial charge in [0.1, 0.15) is 23.0 Å². The average Bonchev–Trinajstić information content (AvgIpc) is 3.16. The summed E-state index contributed by atoms with van der Waals surface area (Å²) in [6.07, 6.45) is 2.18. The Hall–Kier alpha value is -2.59. The molecule has 33 heavy (non-hydrogen) atoms.